The fourth-order valence-electron chi connectivity index (χ4n) is 1.63. The summed E-state index contributed by atoms with van der Waals surface area (Å²) >= 11 is 0. The molecule has 108 valence electrons. The molecule has 1 heterocycles. The first-order chi connectivity index (χ1) is 9.88. The maximum absolute atomic E-state index is 13.6. The summed E-state index contributed by atoms with van der Waals surface area (Å²) in [4.78, 5) is 26.2. The van der Waals surface area contributed by atoms with Crippen molar-refractivity contribution in [3.8, 4) is 0 Å². The number of amides is 1. The van der Waals surface area contributed by atoms with Gasteiger partial charge in [0, 0.05) is 17.8 Å². The quantitative estimate of drug-likeness (QED) is 0.911. The van der Waals surface area contributed by atoms with Crippen molar-refractivity contribution in [3.05, 3.63) is 58.9 Å². The highest BCUT2D eigenvalue weighted by Gasteiger charge is 2.14. The molecule has 0 saturated carbocycles. The molecule has 7 heteroatoms. The van der Waals surface area contributed by atoms with Crippen LogP contribution in [0.5, 0.6) is 0 Å². The average molecular weight is 292 g/mol. The fourth-order valence-corrected chi connectivity index (χ4v) is 1.63. The molecule has 1 amide bonds. The molecule has 2 aromatic rings. The third-order valence-corrected chi connectivity index (χ3v) is 2.74. The van der Waals surface area contributed by atoms with Crippen LogP contribution in [0.25, 0.3) is 0 Å². The van der Waals surface area contributed by atoms with Crippen LogP contribution >= 0.6 is 0 Å². The number of aromatic carboxylic acids is 1. The van der Waals surface area contributed by atoms with Gasteiger partial charge >= 0.3 is 5.97 Å². The van der Waals surface area contributed by atoms with Crippen molar-refractivity contribution in [1.29, 1.82) is 0 Å². The van der Waals surface area contributed by atoms with Gasteiger partial charge in [-0.25, -0.2) is 18.6 Å². The Hall–Kier alpha value is -2.83. The van der Waals surface area contributed by atoms with Gasteiger partial charge < -0.3 is 10.4 Å². The molecule has 1 aromatic heterocycles. The van der Waals surface area contributed by atoms with Crippen LogP contribution in [0.4, 0.5) is 14.5 Å². The Labute approximate surface area is 118 Å². The van der Waals surface area contributed by atoms with E-state index in [9.17, 15) is 18.4 Å². The summed E-state index contributed by atoms with van der Waals surface area (Å²) < 4.78 is 27.0. The molecule has 2 rings (SSSR count). The Balaban J connectivity index is 2.28. The van der Waals surface area contributed by atoms with E-state index in [0.29, 0.717) is 0 Å². The third kappa shape index (κ3) is 3.19. The fraction of sp³-hybridized carbons (Fsp3) is 0.0714. The standard InChI is InChI=1S/C14H10F2N2O3/c1-7-4-10(16)11(6-9(7)15)18-13(19)8-2-3-17-12(5-8)14(20)21/h2-6H,1H3,(H,18,19)(H,20,21). The van der Waals surface area contributed by atoms with Gasteiger partial charge in [-0.1, -0.05) is 0 Å². The van der Waals surface area contributed by atoms with Crippen molar-refractivity contribution in [1.82, 2.24) is 4.98 Å². The molecule has 21 heavy (non-hydrogen) atoms. The van der Waals surface area contributed by atoms with E-state index < -0.39 is 23.5 Å². The van der Waals surface area contributed by atoms with Crippen LogP contribution in [0.3, 0.4) is 0 Å². The van der Waals surface area contributed by atoms with E-state index in [-0.39, 0.29) is 22.5 Å². The molecule has 0 aliphatic rings. The second-order valence-electron chi connectivity index (χ2n) is 4.27. The van der Waals surface area contributed by atoms with Gasteiger partial charge in [-0.15, -0.1) is 0 Å². The maximum atomic E-state index is 13.6. The van der Waals surface area contributed by atoms with Gasteiger partial charge in [-0.05, 0) is 30.7 Å². The minimum atomic E-state index is -1.29. The summed E-state index contributed by atoms with van der Waals surface area (Å²) in [6, 6.07) is 4.13. The van der Waals surface area contributed by atoms with Crippen LogP contribution in [-0.2, 0) is 0 Å². The van der Waals surface area contributed by atoms with Gasteiger partial charge in [0.2, 0.25) is 0 Å². The first-order valence-corrected chi connectivity index (χ1v) is 5.85. The van der Waals surface area contributed by atoms with E-state index in [0.717, 1.165) is 24.4 Å². The Morgan fingerprint density at radius 3 is 2.57 bits per heavy atom. The molecule has 2 N–H and O–H groups in total. The number of hydrogen-bond acceptors (Lipinski definition) is 3. The molecule has 0 bridgehead atoms. The largest absolute Gasteiger partial charge is 0.477 e. The number of aromatic nitrogens is 1. The van der Waals surface area contributed by atoms with Crippen molar-refractivity contribution in [3.63, 3.8) is 0 Å². The van der Waals surface area contributed by atoms with Gasteiger partial charge in [0.1, 0.15) is 17.3 Å². The number of anilines is 1. The van der Waals surface area contributed by atoms with Gasteiger partial charge in [0.05, 0.1) is 5.69 Å². The van der Waals surface area contributed by atoms with Crippen LogP contribution in [-0.4, -0.2) is 22.0 Å². The second-order valence-corrected chi connectivity index (χ2v) is 4.27. The highest BCUT2D eigenvalue weighted by Crippen LogP contribution is 2.19. The first-order valence-electron chi connectivity index (χ1n) is 5.85. The number of rotatable bonds is 3. The van der Waals surface area contributed by atoms with Crippen LogP contribution < -0.4 is 5.32 Å². The van der Waals surface area contributed by atoms with Crippen molar-refractivity contribution in [2.45, 2.75) is 6.92 Å². The number of carboxylic acid groups (broad SMARTS) is 1. The molecule has 5 nitrogen and oxygen atoms in total. The zero-order valence-corrected chi connectivity index (χ0v) is 10.9. The highest BCUT2D eigenvalue weighted by molar-refractivity contribution is 6.05. The summed E-state index contributed by atoms with van der Waals surface area (Å²) in [6.45, 7) is 1.39. The number of halogens is 2. The van der Waals surface area contributed by atoms with Crippen LogP contribution in [0.15, 0.2) is 30.5 Å². The average Bonchev–Trinajstić information content (AvgIpc) is 2.44. The molecule has 0 aliphatic heterocycles. The van der Waals surface area contributed by atoms with E-state index in [1.54, 1.807) is 0 Å². The number of pyridine rings is 1. The lowest BCUT2D eigenvalue weighted by Gasteiger charge is -2.08. The summed E-state index contributed by atoms with van der Waals surface area (Å²) in [7, 11) is 0. The van der Waals surface area contributed by atoms with Gasteiger partial charge in [-0.2, -0.15) is 0 Å². The molecule has 0 atom stereocenters. The van der Waals surface area contributed by atoms with Crippen LogP contribution in [0, 0.1) is 18.6 Å². The Morgan fingerprint density at radius 1 is 1.19 bits per heavy atom. The molecule has 0 spiro atoms. The third-order valence-electron chi connectivity index (χ3n) is 2.74. The van der Waals surface area contributed by atoms with Crippen molar-refractivity contribution >= 4 is 17.6 Å². The summed E-state index contributed by atoms with van der Waals surface area (Å²) in [5, 5.41) is 11.0. The molecule has 0 fully saturated rings. The van der Waals surface area contributed by atoms with Crippen LogP contribution in [0.1, 0.15) is 26.4 Å². The van der Waals surface area contributed by atoms with Crippen molar-refractivity contribution in [2.75, 3.05) is 5.32 Å². The van der Waals surface area contributed by atoms with Crippen molar-refractivity contribution in [2.24, 2.45) is 0 Å². The molecule has 0 saturated heterocycles. The first kappa shape index (κ1) is 14.6. The number of carbonyl (C=O) groups excluding carboxylic acids is 1. The van der Waals surface area contributed by atoms with E-state index in [2.05, 4.69) is 10.3 Å². The molecule has 1 aromatic carbocycles. The predicted molar refractivity (Wildman–Crippen MR) is 70.2 cm³/mol. The topological polar surface area (TPSA) is 79.3 Å². The lowest BCUT2D eigenvalue weighted by Crippen LogP contribution is -2.14. The second kappa shape index (κ2) is 5.66. The van der Waals surface area contributed by atoms with Gasteiger partial charge in [0.15, 0.2) is 0 Å². The van der Waals surface area contributed by atoms with Gasteiger partial charge in [-0.3, -0.25) is 4.79 Å². The lowest BCUT2D eigenvalue weighted by atomic mass is 10.1. The molecule has 0 radical (unpaired) electrons. The van der Waals surface area contributed by atoms with Gasteiger partial charge in [0.25, 0.3) is 5.91 Å². The minimum absolute atomic E-state index is 0.0252. The summed E-state index contributed by atoms with van der Waals surface area (Å²) in [5.74, 6) is -3.50. The lowest BCUT2D eigenvalue weighted by molar-refractivity contribution is 0.0690. The summed E-state index contributed by atoms with van der Waals surface area (Å²) in [5.41, 5.74) is -0.555. The van der Waals surface area contributed by atoms with E-state index in [4.69, 9.17) is 5.11 Å². The molecule has 0 aliphatic carbocycles. The van der Waals surface area contributed by atoms with E-state index in [1.807, 2.05) is 0 Å². The number of nitrogens with zero attached hydrogens (tertiary/aromatic N) is 1. The highest BCUT2D eigenvalue weighted by atomic mass is 19.1. The van der Waals surface area contributed by atoms with E-state index in [1.165, 1.54) is 13.0 Å². The maximum Gasteiger partial charge on any atom is 0.354 e. The smallest absolute Gasteiger partial charge is 0.354 e. The number of hydrogen-bond donors (Lipinski definition) is 2. The number of carbonyl (C=O) groups is 2. The summed E-state index contributed by atoms with van der Waals surface area (Å²) in [6.07, 6.45) is 1.14. The molecule has 0 unspecified atom stereocenters. The normalized spacial score (nSPS) is 10.2. The SMILES string of the molecule is Cc1cc(F)c(NC(=O)c2ccnc(C(=O)O)c2)cc1F. The predicted octanol–water partition coefficient (Wildman–Crippen LogP) is 2.62. The van der Waals surface area contributed by atoms with E-state index >= 15 is 0 Å². The monoisotopic (exact) mass is 292 g/mol. The Bertz CT molecular complexity index is 732. The molecular weight excluding hydrogens is 282 g/mol. The zero-order chi connectivity index (χ0) is 15.6. The number of nitrogens with one attached hydrogen (secondary N) is 1. The molecular formula is C14H10F2N2O3. The van der Waals surface area contributed by atoms with Crippen molar-refractivity contribution < 1.29 is 23.5 Å². The van der Waals surface area contributed by atoms with Crippen LogP contribution in [0.2, 0.25) is 0 Å². The minimum Gasteiger partial charge on any atom is -0.477 e. The Morgan fingerprint density at radius 2 is 1.90 bits per heavy atom. The number of aryl methyl sites for hydroxylation is 1. The Kier molecular flexibility index (Phi) is 3.93. The zero-order valence-electron chi connectivity index (χ0n) is 10.9. The number of carboxylic acids is 1. The number of benzene rings is 1.